The van der Waals surface area contributed by atoms with Crippen LogP contribution in [0, 0.1) is 0 Å². The standard InChI is InChI=1S/C12H29NO3Si.C10H20O3Si.H2O/c1-8-11(10(14)9-13(5)15)16-17(6,7)12(2,3)4;1-10(2,3)14(4,5)13-8-6-7-12-9(8)11;/h10-11,14-15H,8-9H2,1-7H3;8H,6-7H2,1-5H3;1H2/t10?,11-;8-;/m00./s1. The Hall–Kier alpha value is -0.336. The van der Waals surface area contributed by atoms with Crippen molar-refractivity contribution < 1.29 is 34.2 Å². The fourth-order valence-electron chi connectivity index (χ4n) is 2.49. The van der Waals surface area contributed by atoms with Crippen LogP contribution in [0.1, 0.15) is 61.3 Å². The van der Waals surface area contributed by atoms with Crippen molar-refractivity contribution in [1.29, 1.82) is 0 Å². The molecule has 1 aliphatic heterocycles. The highest BCUT2D eigenvalue weighted by atomic mass is 28.4. The van der Waals surface area contributed by atoms with E-state index in [0.29, 0.717) is 13.0 Å². The van der Waals surface area contributed by atoms with Gasteiger partial charge in [-0.2, -0.15) is 5.06 Å². The maximum absolute atomic E-state index is 11.3. The van der Waals surface area contributed by atoms with Gasteiger partial charge in [0, 0.05) is 13.5 Å². The summed E-state index contributed by atoms with van der Waals surface area (Å²) < 4.78 is 17.0. The first-order chi connectivity index (χ1) is 13.7. The average molecular weight is 498 g/mol. The second-order valence-electron chi connectivity index (χ2n) is 11.6. The molecule has 1 saturated heterocycles. The fourth-order valence-corrected chi connectivity index (χ4v) is 5.21. The molecule has 1 heterocycles. The topological polar surface area (TPSA) is 120 Å². The summed E-state index contributed by atoms with van der Waals surface area (Å²) in [4.78, 5) is 11.3. The molecule has 0 aromatic carbocycles. The monoisotopic (exact) mass is 497 g/mol. The van der Waals surface area contributed by atoms with Gasteiger partial charge in [0.2, 0.25) is 0 Å². The van der Waals surface area contributed by atoms with Gasteiger partial charge < -0.3 is 29.4 Å². The van der Waals surface area contributed by atoms with E-state index in [9.17, 15) is 9.90 Å². The molecule has 0 spiro atoms. The molecule has 0 amide bonds. The summed E-state index contributed by atoms with van der Waals surface area (Å²) in [7, 11) is -2.15. The van der Waals surface area contributed by atoms with Crippen LogP contribution in [0.3, 0.4) is 0 Å². The van der Waals surface area contributed by atoms with Crippen LogP contribution in [0.15, 0.2) is 0 Å². The van der Waals surface area contributed by atoms with E-state index in [-0.39, 0.29) is 40.3 Å². The minimum Gasteiger partial charge on any atom is -0.464 e. The van der Waals surface area contributed by atoms with Gasteiger partial charge in [-0.15, -0.1) is 0 Å². The first-order valence-corrected chi connectivity index (χ1v) is 17.2. The Bertz CT molecular complexity index is 557. The van der Waals surface area contributed by atoms with Gasteiger partial charge >= 0.3 is 5.97 Å². The number of aliphatic hydroxyl groups excluding tert-OH is 1. The van der Waals surface area contributed by atoms with Crippen LogP contribution in [0.2, 0.25) is 36.3 Å². The Labute approximate surface area is 198 Å². The van der Waals surface area contributed by atoms with Gasteiger partial charge in [-0.05, 0) is 42.7 Å². The number of hydroxylamine groups is 2. The molecule has 0 radical (unpaired) electrons. The summed E-state index contributed by atoms with van der Waals surface area (Å²) in [5, 5.41) is 20.4. The number of hydrogen-bond acceptors (Lipinski definition) is 7. The quantitative estimate of drug-likeness (QED) is 0.296. The van der Waals surface area contributed by atoms with Crippen LogP contribution in [0.25, 0.3) is 0 Å². The highest BCUT2D eigenvalue weighted by Gasteiger charge is 2.42. The summed E-state index contributed by atoms with van der Waals surface area (Å²) in [6, 6.07) is 0. The summed E-state index contributed by atoms with van der Waals surface area (Å²) >= 11 is 0. The molecule has 8 nitrogen and oxygen atoms in total. The first-order valence-electron chi connectivity index (χ1n) is 11.4. The maximum atomic E-state index is 11.3. The lowest BCUT2D eigenvalue weighted by atomic mass is 10.1. The molecular weight excluding hydrogens is 446 g/mol. The molecule has 0 aromatic rings. The Morgan fingerprint density at radius 2 is 1.56 bits per heavy atom. The van der Waals surface area contributed by atoms with Gasteiger partial charge in [0.15, 0.2) is 16.6 Å². The Balaban J connectivity index is 0. The molecule has 1 aliphatic rings. The molecule has 0 bridgehead atoms. The van der Waals surface area contributed by atoms with Crippen LogP contribution in [-0.4, -0.2) is 82.0 Å². The minimum atomic E-state index is -1.86. The van der Waals surface area contributed by atoms with Gasteiger partial charge in [-0.1, -0.05) is 48.5 Å². The molecule has 0 aromatic heterocycles. The predicted molar refractivity (Wildman–Crippen MR) is 134 cm³/mol. The van der Waals surface area contributed by atoms with Crippen LogP contribution in [0.4, 0.5) is 0 Å². The van der Waals surface area contributed by atoms with Crippen LogP contribution >= 0.6 is 0 Å². The SMILES string of the molecule is CC(C)(C)[Si](C)(C)O[C@H]1CCOC1=O.CC[C@H](O[Si](C)(C)C(C)(C)C)C(O)CN(C)O.O. The number of likely N-dealkylation sites (N-methyl/N-ethyl adjacent to an activating group) is 1. The van der Waals surface area contributed by atoms with Crippen LogP contribution in [0.5, 0.6) is 0 Å². The fraction of sp³-hybridized carbons (Fsp3) is 0.955. The number of hydrogen-bond donors (Lipinski definition) is 2. The van der Waals surface area contributed by atoms with Crippen molar-refractivity contribution in [3.05, 3.63) is 0 Å². The number of carbonyl (C=O) groups excluding carboxylic acids is 1. The molecule has 1 fully saturated rings. The Morgan fingerprint density at radius 3 is 1.88 bits per heavy atom. The van der Waals surface area contributed by atoms with Crippen LogP contribution in [-0.2, 0) is 18.4 Å². The molecule has 32 heavy (non-hydrogen) atoms. The number of rotatable bonds is 8. The zero-order valence-electron chi connectivity index (χ0n) is 22.5. The van der Waals surface area contributed by atoms with E-state index in [4.69, 9.17) is 18.8 Å². The number of nitrogens with zero attached hydrogens (tertiary/aromatic N) is 1. The number of ether oxygens (including phenoxy) is 1. The van der Waals surface area contributed by atoms with Gasteiger partial charge in [0.25, 0.3) is 0 Å². The molecule has 3 atom stereocenters. The third-order valence-electron chi connectivity index (χ3n) is 6.67. The zero-order chi connectivity index (χ0) is 24.8. The summed E-state index contributed by atoms with van der Waals surface area (Å²) in [6.07, 6.45) is 0.304. The van der Waals surface area contributed by atoms with Gasteiger partial charge in [-0.3, -0.25) is 0 Å². The first kappa shape index (κ1) is 33.8. The largest absolute Gasteiger partial charge is 0.464 e. The molecule has 0 saturated carbocycles. The van der Waals surface area contributed by atoms with Gasteiger partial charge in [-0.25, -0.2) is 4.79 Å². The van der Waals surface area contributed by atoms with E-state index in [0.717, 1.165) is 11.5 Å². The molecule has 194 valence electrons. The third kappa shape index (κ3) is 10.7. The minimum absolute atomic E-state index is 0. The van der Waals surface area contributed by atoms with E-state index >= 15 is 0 Å². The predicted octanol–water partition coefficient (Wildman–Crippen LogP) is 3.97. The smallest absolute Gasteiger partial charge is 0.334 e. The molecular formula is C22H51NO7Si2. The summed E-state index contributed by atoms with van der Waals surface area (Å²) in [6.45, 7) is 24.4. The Morgan fingerprint density at radius 1 is 1.09 bits per heavy atom. The second-order valence-corrected chi connectivity index (χ2v) is 21.1. The number of carbonyl (C=O) groups is 1. The summed E-state index contributed by atoms with van der Waals surface area (Å²) in [5.41, 5.74) is 0. The van der Waals surface area contributed by atoms with Crippen molar-refractivity contribution >= 4 is 22.6 Å². The molecule has 1 rings (SSSR count). The van der Waals surface area contributed by atoms with Crippen molar-refractivity contribution in [3.8, 4) is 0 Å². The van der Waals surface area contributed by atoms with Crippen molar-refractivity contribution in [2.24, 2.45) is 0 Å². The number of esters is 1. The highest BCUT2D eigenvalue weighted by Crippen LogP contribution is 2.39. The third-order valence-corrected chi connectivity index (χ3v) is 15.7. The average Bonchev–Trinajstić information content (AvgIpc) is 2.94. The summed E-state index contributed by atoms with van der Waals surface area (Å²) in [5.74, 6) is -0.185. The van der Waals surface area contributed by atoms with E-state index in [2.05, 4.69) is 67.7 Å². The van der Waals surface area contributed by atoms with Crippen molar-refractivity contribution in [1.82, 2.24) is 5.06 Å². The van der Waals surface area contributed by atoms with E-state index in [1.165, 1.54) is 7.05 Å². The van der Waals surface area contributed by atoms with Crippen molar-refractivity contribution in [3.63, 3.8) is 0 Å². The normalized spacial score (nSPS) is 19.6. The lowest BCUT2D eigenvalue weighted by Crippen LogP contribution is -2.48. The van der Waals surface area contributed by atoms with Crippen LogP contribution < -0.4 is 0 Å². The molecule has 0 aliphatic carbocycles. The van der Waals surface area contributed by atoms with E-state index < -0.39 is 22.7 Å². The Kier molecular flexibility index (Phi) is 13.7. The maximum Gasteiger partial charge on any atom is 0.334 e. The number of cyclic esters (lactones) is 1. The highest BCUT2D eigenvalue weighted by molar-refractivity contribution is 6.74. The molecule has 4 N–H and O–H groups in total. The van der Waals surface area contributed by atoms with Gasteiger partial charge in [0.1, 0.15) is 6.10 Å². The number of aliphatic hydroxyl groups is 1. The lowest BCUT2D eigenvalue weighted by Gasteiger charge is -2.40. The second kappa shape index (κ2) is 12.9. The molecule has 10 heteroatoms. The van der Waals surface area contributed by atoms with Crippen molar-refractivity contribution in [2.45, 2.75) is 116 Å². The van der Waals surface area contributed by atoms with E-state index in [1.54, 1.807) is 0 Å². The van der Waals surface area contributed by atoms with E-state index in [1.807, 2.05) is 6.92 Å². The molecule has 1 unspecified atom stereocenters. The zero-order valence-corrected chi connectivity index (χ0v) is 24.5. The lowest BCUT2D eigenvalue weighted by molar-refractivity contribution is -0.143. The van der Waals surface area contributed by atoms with Gasteiger partial charge in [0.05, 0.1) is 25.4 Å². The van der Waals surface area contributed by atoms with Crippen molar-refractivity contribution in [2.75, 3.05) is 20.2 Å².